The molecule has 2 aliphatic rings. The highest BCUT2D eigenvalue weighted by Crippen LogP contribution is 2.33. The van der Waals surface area contributed by atoms with Gasteiger partial charge in [-0.2, -0.15) is 15.1 Å². The lowest BCUT2D eigenvalue weighted by molar-refractivity contribution is -0.114. The molecule has 0 saturated carbocycles. The van der Waals surface area contributed by atoms with E-state index in [1.54, 1.807) is 6.08 Å². The molecule has 1 aromatic carbocycles. The average Bonchev–Trinajstić information content (AvgIpc) is 3.27. The Morgan fingerprint density at radius 2 is 2.00 bits per heavy atom. The maximum absolute atomic E-state index is 12.7. The van der Waals surface area contributed by atoms with Crippen LogP contribution < -0.4 is 4.74 Å². The first-order valence-corrected chi connectivity index (χ1v) is 11.0. The number of hydrazone groups is 1. The van der Waals surface area contributed by atoms with E-state index in [9.17, 15) is 4.79 Å². The van der Waals surface area contributed by atoms with Gasteiger partial charge in [-0.15, -0.1) is 0 Å². The normalized spacial score (nSPS) is 17.4. The summed E-state index contributed by atoms with van der Waals surface area (Å²) in [5.74, 6) is 0.644. The minimum atomic E-state index is -0.413. The second-order valence-corrected chi connectivity index (χ2v) is 8.66. The van der Waals surface area contributed by atoms with Crippen molar-refractivity contribution in [1.82, 2.24) is 9.58 Å². The zero-order chi connectivity index (χ0) is 22.3. The number of aromatic nitrogens is 1. The Kier molecular flexibility index (Phi) is 5.58. The fraction of sp³-hybridized carbons (Fsp3) is 0.304. The van der Waals surface area contributed by atoms with E-state index in [1.807, 2.05) is 65.0 Å². The number of aryl methyl sites for hydroxylation is 1. The molecule has 0 atom stereocenters. The number of para-hydroxylation sites is 2. The number of nitrogens with zero attached hydrogens (tertiary/aromatic N) is 4. The smallest absolute Gasteiger partial charge is 0.283 e. The number of amidine groups is 2. The molecular formula is C23H25N5O2S. The van der Waals surface area contributed by atoms with E-state index in [-0.39, 0.29) is 17.3 Å². The van der Waals surface area contributed by atoms with E-state index in [1.165, 1.54) is 16.8 Å². The first kappa shape index (κ1) is 21.1. The Hall–Kier alpha value is -3.13. The Labute approximate surface area is 186 Å². The van der Waals surface area contributed by atoms with Crippen molar-refractivity contribution in [3.05, 3.63) is 52.9 Å². The van der Waals surface area contributed by atoms with Crippen LogP contribution in [-0.4, -0.2) is 38.1 Å². The lowest BCUT2D eigenvalue weighted by Gasteiger charge is -2.20. The van der Waals surface area contributed by atoms with Crippen LogP contribution in [0.2, 0.25) is 0 Å². The summed E-state index contributed by atoms with van der Waals surface area (Å²) in [6, 6.07) is 9.88. The third-order valence-electron chi connectivity index (χ3n) is 5.14. The summed E-state index contributed by atoms with van der Waals surface area (Å²) in [6.45, 7) is 10.6. The molecule has 2 aliphatic heterocycles. The molecular weight excluding hydrogens is 410 g/mol. The monoisotopic (exact) mass is 435 g/mol. The number of nitrogens with one attached hydrogen (secondary N) is 1. The SMILES string of the molecule is CCOc1ccccc1-n1c(C)cc(/C=C2/C(=N)N3N=C(C(C)C)SC3=NC2=O)c1C. The lowest BCUT2D eigenvalue weighted by atomic mass is 10.1. The van der Waals surface area contributed by atoms with Crippen molar-refractivity contribution in [2.75, 3.05) is 6.61 Å². The number of hydrogen-bond acceptors (Lipinski definition) is 5. The molecule has 0 radical (unpaired) electrons. The molecule has 1 N–H and O–H groups in total. The highest BCUT2D eigenvalue weighted by Gasteiger charge is 2.36. The van der Waals surface area contributed by atoms with Crippen LogP contribution in [0.1, 0.15) is 37.7 Å². The van der Waals surface area contributed by atoms with E-state index in [0.717, 1.165) is 33.4 Å². The van der Waals surface area contributed by atoms with Crippen molar-refractivity contribution in [2.24, 2.45) is 16.0 Å². The Morgan fingerprint density at radius 3 is 2.71 bits per heavy atom. The van der Waals surface area contributed by atoms with Crippen molar-refractivity contribution in [3.63, 3.8) is 0 Å². The molecule has 31 heavy (non-hydrogen) atoms. The van der Waals surface area contributed by atoms with Gasteiger partial charge in [0, 0.05) is 17.3 Å². The van der Waals surface area contributed by atoms with Gasteiger partial charge in [0.2, 0.25) is 5.17 Å². The highest BCUT2D eigenvalue weighted by molar-refractivity contribution is 8.27. The van der Waals surface area contributed by atoms with Crippen LogP contribution in [0.15, 0.2) is 46.0 Å². The van der Waals surface area contributed by atoms with Crippen LogP contribution in [0.3, 0.4) is 0 Å². The van der Waals surface area contributed by atoms with Crippen molar-refractivity contribution in [2.45, 2.75) is 34.6 Å². The second kappa shape index (κ2) is 8.19. The van der Waals surface area contributed by atoms with Crippen molar-refractivity contribution < 1.29 is 9.53 Å². The van der Waals surface area contributed by atoms with Gasteiger partial charge >= 0.3 is 0 Å². The van der Waals surface area contributed by atoms with Crippen LogP contribution in [0.25, 0.3) is 11.8 Å². The number of thioether (sulfide) groups is 1. The molecule has 2 aromatic rings. The fourth-order valence-corrected chi connectivity index (χ4v) is 4.51. The van der Waals surface area contributed by atoms with Gasteiger partial charge in [-0.1, -0.05) is 26.0 Å². The summed E-state index contributed by atoms with van der Waals surface area (Å²) >= 11 is 1.35. The predicted molar refractivity (Wildman–Crippen MR) is 126 cm³/mol. The van der Waals surface area contributed by atoms with E-state index >= 15 is 0 Å². The first-order chi connectivity index (χ1) is 14.8. The van der Waals surface area contributed by atoms with Gasteiger partial charge in [-0.25, -0.2) is 0 Å². The molecule has 3 heterocycles. The van der Waals surface area contributed by atoms with Gasteiger partial charge in [0.15, 0.2) is 5.84 Å². The Morgan fingerprint density at radius 1 is 1.26 bits per heavy atom. The van der Waals surface area contributed by atoms with Gasteiger partial charge in [-0.05, 0) is 62.4 Å². The number of benzene rings is 1. The topological polar surface area (TPSA) is 83.0 Å². The summed E-state index contributed by atoms with van der Waals surface area (Å²) in [4.78, 5) is 16.9. The van der Waals surface area contributed by atoms with Gasteiger partial charge in [0.05, 0.1) is 17.9 Å². The van der Waals surface area contributed by atoms with Crippen LogP contribution in [0.5, 0.6) is 5.75 Å². The number of carbonyl (C=O) groups excluding carboxylic acids is 1. The fourth-order valence-electron chi connectivity index (χ4n) is 3.62. The van der Waals surface area contributed by atoms with Crippen molar-refractivity contribution in [1.29, 1.82) is 5.41 Å². The maximum Gasteiger partial charge on any atom is 0.283 e. The van der Waals surface area contributed by atoms with Crippen LogP contribution >= 0.6 is 11.8 Å². The van der Waals surface area contributed by atoms with Gasteiger partial charge in [0.25, 0.3) is 5.91 Å². The molecule has 0 bridgehead atoms. The van der Waals surface area contributed by atoms with Crippen molar-refractivity contribution >= 4 is 39.8 Å². The third-order valence-corrected chi connectivity index (χ3v) is 6.35. The molecule has 1 aromatic heterocycles. The number of rotatable bonds is 5. The molecule has 0 spiro atoms. The van der Waals surface area contributed by atoms with E-state index in [2.05, 4.69) is 14.7 Å². The van der Waals surface area contributed by atoms with Gasteiger partial charge in [-0.3, -0.25) is 10.2 Å². The molecule has 8 heteroatoms. The molecule has 0 aliphatic carbocycles. The number of aliphatic imine (C=N–C) groups is 1. The Balaban J connectivity index is 1.75. The number of hydrogen-bond donors (Lipinski definition) is 1. The number of amides is 1. The molecule has 4 rings (SSSR count). The standard InChI is InChI=1S/C23H25N5O2S/c1-6-30-19-10-8-7-9-18(19)27-14(4)11-16(15(27)5)12-17-20(24)28-23(25-21(17)29)31-22(26-28)13(2)3/h7-13,24H,6H2,1-5H3/b17-12-,24-20?. The maximum atomic E-state index is 12.7. The summed E-state index contributed by atoms with van der Waals surface area (Å²) < 4.78 is 7.91. The van der Waals surface area contributed by atoms with Gasteiger partial charge < -0.3 is 9.30 Å². The highest BCUT2D eigenvalue weighted by atomic mass is 32.2. The zero-order valence-corrected chi connectivity index (χ0v) is 19.1. The molecule has 0 fully saturated rings. The Bertz CT molecular complexity index is 1170. The minimum absolute atomic E-state index is 0.0534. The number of fused-ring (bicyclic) bond motifs is 1. The molecule has 7 nitrogen and oxygen atoms in total. The van der Waals surface area contributed by atoms with E-state index in [4.69, 9.17) is 10.1 Å². The summed E-state index contributed by atoms with van der Waals surface area (Å²) in [5, 5.41) is 15.8. The average molecular weight is 436 g/mol. The quantitative estimate of drug-likeness (QED) is 0.686. The molecule has 0 unspecified atom stereocenters. The number of carbonyl (C=O) groups is 1. The number of ether oxygens (including phenoxy) is 1. The molecule has 0 saturated heterocycles. The predicted octanol–water partition coefficient (Wildman–Crippen LogP) is 4.77. The van der Waals surface area contributed by atoms with Crippen LogP contribution in [-0.2, 0) is 4.79 Å². The first-order valence-electron chi connectivity index (χ1n) is 10.2. The summed E-state index contributed by atoms with van der Waals surface area (Å²) in [5.41, 5.74) is 3.99. The summed E-state index contributed by atoms with van der Waals surface area (Å²) in [7, 11) is 0. The summed E-state index contributed by atoms with van der Waals surface area (Å²) in [6.07, 6.45) is 1.74. The zero-order valence-electron chi connectivity index (χ0n) is 18.3. The minimum Gasteiger partial charge on any atom is -0.492 e. The van der Waals surface area contributed by atoms with Crippen LogP contribution in [0, 0.1) is 25.2 Å². The van der Waals surface area contributed by atoms with Crippen LogP contribution in [0.4, 0.5) is 0 Å². The van der Waals surface area contributed by atoms with Gasteiger partial charge in [0.1, 0.15) is 10.8 Å². The molecule has 1 amide bonds. The molecule has 160 valence electrons. The van der Waals surface area contributed by atoms with E-state index in [0.29, 0.717) is 11.8 Å². The lowest BCUT2D eigenvalue weighted by Crippen LogP contribution is -2.35. The van der Waals surface area contributed by atoms with E-state index < -0.39 is 5.91 Å². The second-order valence-electron chi connectivity index (χ2n) is 7.68. The third kappa shape index (κ3) is 3.72. The van der Waals surface area contributed by atoms with Crippen molar-refractivity contribution in [3.8, 4) is 11.4 Å². The largest absolute Gasteiger partial charge is 0.492 e.